The van der Waals surface area contributed by atoms with Crippen LogP contribution in [0.25, 0.3) is 11.1 Å². The minimum atomic E-state index is -4.53. The number of alkyl halides is 7. The van der Waals surface area contributed by atoms with Gasteiger partial charge in [0.05, 0.1) is 28.9 Å². The van der Waals surface area contributed by atoms with E-state index in [1.165, 1.54) is 24.4 Å². The highest BCUT2D eigenvalue weighted by molar-refractivity contribution is 6.34. The van der Waals surface area contributed by atoms with Crippen LogP contribution in [-0.4, -0.2) is 77.5 Å². The van der Waals surface area contributed by atoms with Crippen LogP contribution in [0.5, 0.6) is 0 Å². The number of nitrogens with zero attached hydrogens (tertiary/aromatic N) is 6. The number of alkyl carbamates (subject to hydrolysis) is 1. The molecule has 4 atom stereocenters. The van der Waals surface area contributed by atoms with Crippen molar-refractivity contribution in [3.63, 3.8) is 0 Å². The Balaban J connectivity index is 1.55. The number of benzene rings is 2. The Morgan fingerprint density at radius 3 is 2.36 bits per heavy atom. The van der Waals surface area contributed by atoms with E-state index < -0.39 is 78.5 Å². The minimum absolute atomic E-state index is 0.0931. The van der Waals surface area contributed by atoms with Crippen molar-refractivity contribution < 1.29 is 45.1 Å². The van der Waals surface area contributed by atoms with E-state index in [1.54, 1.807) is 24.3 Å². The largest absolute Gasteiger partial charge is 0.447 e. The molecule has 1 aliphatic heterocycles. The third-order valence-corrected chi connectivity index (χ3v) is 9.35. The third kappa shape index (κ3) is 8.71. The molecule has 55 heavy (non-hydrogen) atoms. The molecule has 2 aromatic carbocycles. The second-order valence-corrected chi connectivity index (χ2v) is 14.6. The lowest BCUT2D eigenvalue weighted by atomic mass is 9.75. The molecule has 2 fully saturated rings. The van der Waals surface area contributed by atoms with E-state index in [0.29, 0.717) is 26.4 Å². The summed E-state index contributed by atoms with van der Waals surface area (Å²) in [6.07, 6.45) is -6.70. The van der Waals surface area contributed by atoms with Crippen molar-refractivity contribution in [3.8, 4) is 11.1 Å². The van der Waals surface area contributed by atoms with Crippen LogP contribution < -0.4 is 15.6 Å². The molecule has 1 aliphatic carbocycles. The Morgan fingerprint density at radius 2 is 1.84 bits per heavy atom. The zero-order valence-electron chi connectivity index (χ0n) is 29.8. The van der Waals surface area contributed by atoms with E-state index in [1.807, 2.05) is 20.8 Å². The van der Waals surface area contributed by atoms with Gasteiger partial charge in [0.25, 0.3) is 12.3 Å². The van der Waals surface area contributed by atoms with Crippen molar-refractivity contribution in [3.05, 3.63) is 71.0 Å². The number of ether oxygens (including phenoxy) is 1. The Labute approximate surface area is 315 Å². The lowest BCUT2D eigenvalue weighted by Gasteiger charge is -2.35. The van der Waals surface area contributed by atoms with Gasteiger partial charge in [0, 0.05) is 31.6 Å². The van der Waals surface area contributed by atoms with Crippen LogP contribution >= 0.6 is 11.6 Å². The number of aliphatic imine (C=N–C) groups is 1. The number of hydrogen-bond donors (Lipinski definition) is 3. The zero-order valence-corrected chi connectivity index (χ0v) is 30.6. The van der Waals surface area contributed by atoms with Crippen molar-refractivity contribution in [1.82, 2.24) is 25.3 Å². The first kappa shape index (κ1) is 41.0. The standard InChI is InChI=1S/C35H37ClF7N9O3/c1-33(2,3)17-34(21-9-6-18(7-10-21)20-14-47-50(15-20)30(39)40)29(53)51(31(44)49-34)26(16-55-32(54)48-24-13-22(24)35(41,42)43)19-8-11-23(36)25(12-19)52(46-5)28(45-4)27(37)38/h6-12,14-15,22,24,26-27,30H,5,13,16-17H2,1-4H3,(H2,44,49)(H,48,54)/b45-28-/t22-,24-,26-,34-/m1/s1. The van der Waals surface area contributed by atoms with Crippen molar-refractivity contribution in [2.45, 2.75) is 70.4 Å². The summed E-state index contributed by atoms with van der Waals surface area (Å²) in [4.78, 5) is 32.3. The second kappa shape index (κ2) is 15.5. The maximum Gasteiger partial charge on any atom is 0.407 e. The average molecular weight is 800 g/mol. The SMILES string of the molecule is C=NN(/C(=N\C)C(F)F)c1cc([C@@H](COC(=O)N[C@@H]2C[C@H]2C(F)(F)F)N2C(=N)N[C@](CC(C)(C)C)(c3ccc(-c4cnn(C(F)F)c4)cc3)C2=O)ccc1Cl. The van der Waals surface area contributed by atoms with Gasteiger partial charge in [-0.3, -0.25) is 20.1 Å². The Kier molecular flexibility index (Phi) is 11.6. The highest BCUT2D eigenvalue weighted by atomic mass is 35.5. The molecule has 2 amide bonds. The number of carbonyl (C=O) groups is 2. The highest BCUT2D eigenvalue weighted by Crippen LogP contribution is 2.45. The smallest absolute Gasteiger partial charge is 0.407 e. The van der Waals surface area contributed by atoms with Gasteiger partial charge < -0.3 is 15.4 Å². The summed E-state index contributed by atoms with van der Waals surface area (Å²) in [7, 11) is 1.10. The topological polar surface area (TPSA) is 140 Å². The number of rotatable bonds is 12. The number of halogens is 8. The first-order valence-corrected chi connectivity index (χ1v) is 17.0. The maximum atomic E-state index is 14.9. The first-order valence-electron chi connectivity index (χ1n) is 16.7. The molecule has 1 aromatic heterocycles. The van der Waals surface area contributed by atoms with E-state index in [-0.39, 0.29) is 29.1 Å². The Morgan fingerprint density at radius 1 is 1.16 bits per heavy atom. The molecule has 1 saturated carbocycles. The lowest BCUT2D eigenvalue weighted by molar-refractivity contribution is -0.149. The predicted molar refractivity (Wildman–Crippen MR) is 190 cm³/mol. The number of nitrogens with one attached hydrogen (secondary N) is 3. The van der Waals surface area contributed by atoms with E-state index >= 15 is 0 Å². The van der Waals surface area contributed by atoms with Crippen molar-refractivity contribution in [2.24, 2.45) is 21.4 Å². The third-order valence-electron chi connectivity index (χ3n) is 9.03. The van der Waals surface area contributed by atoms with E-state index in [2.05, 4.69) is 32.5 Å². The van der Waals surface area contributed by atoms with Crippen LogP contribution in [0.4, 0.5) is 41.2 Å². The molecule has 0 radical (unpaired) electrons. The van der Waals surface area contributed by atoms with Gasteiger partial charge in [0.2, 0.25) is 0 Å². The zero-order chi connectivity index (χ0) is 40.6. The van der Waals surface area contributed by atoms with E-state index in [9.17, 15) is 40.3 Å². The summed E-state index contributed by atoms with van der Waals surface area (Å²) in [5.74, 6) is -3.73. The van der Waals surface area contributed by atoms with Crippen molar-refractivity contribution in [1.29, 1.82) is 5.41 Å². The minimum Gasteiger partial charge on any atom is -0.447 e. The summed E-state index contributed by atoms with van der Waals surface area (Å²) in [5.41, 5.74) is -0.991. The number of amidine groups is 1. The van der Waals surface area contributed by atoms with Gasteiger partial charge in [-0.25, -0.2) is 23.3 Å². The molecule has 20 heteroatoms. The second-order valence-electron chi connectivity index (χ2n) is 14.2. The van der Waals surface area contributed by atoms with Gasteiger partial charge in [-0.1, -0.05) is 62.7 Å². The molecule has 2 heterocycles. The van der Waals surface area contributed by atoms with Crippen LogP contribution in [0.1, 0.15) is 57.3 Å². The van der Waals surface area contributed by atoms with Gasteiger partial charge in [0.15, 0.2) is 11.8 Å². The fourth-order valence-electron chi connectivity index (χ4n) is 6.51. The predicted octanol–water partition coefficient (Wildman–Crippen LogP) is 7.73. The Bertz CT molecular complexity index is 1970. The molecule has 0 spiro atoms. The molecule has 3 N–H and O–H groups in total. The number of aromatic nitrogens is 2. The summed E-state index contributed by atoms with van der Waals surface area (Å²) < 4.78 is 99.6. The van der Waals surface area contributed by atoms with Crippen LogP contribution in [0.2, 0.25) is 5.02 Å². The van der Waals surface area contributed by atoms with Gasteiger partial charge in [-0.2, -0.15) is 32.2 Å². The molecular formula is C35H37ClF7N9O3. The molecule has 0 bridgehead atoms. The van der Waals surface area contributed by atoms with Crippen LogP contribution in [0.3, 0.4) is 0 Å². The summed E-state index contributed by atoms with van der Waals surface area (Å²) in [6.45, 7) is 5.35. The van der Waals surface area contributed by atoms with Gasteiger partial charge >= 0.3 is 18.8 Å². The number of hydrazone groups is 1. The molecule has 2 aliphatic rings. The number of amides is 2. The summed E-state index contributed by atoms with van der Waals surface area (Å²) in [5, 5.41) is 22.1. The average Bonchev–Trinajstić information content (AvgIpc) is 3.62. The molecule has 5 rings (SSSR count). The summed E-state index contributed by atoms with van der Waals surface area (Å²) >= 11 is 6.42. The van der Waals surface area contributed by atoms with Crippen LogP contribution in [0, 0.1) is 16.7 Å². The molecule has 3 aromatic rings. The lowest BCUT2D eigenvalue weighted by Crippen LogP contribution is -2.47. The van der Waals surface area contributed by atoms with Gasteiger partial charge in [-0.05, 0) is 47.1 Å². The van der Waals surface area contributed by atoms with Crippen molar-refractivity contribution >= 4 is 47.8 Å². The number of carbonyl (C=O) groups excluding carboxylic acids is 2. The maximum absolute atomic E-state index is 14.9. The molecule has 12 nitrogen and oxygen atoms in total. The normalized spacial score (nSPS) is 20.8. The fraction of sp³-hybridized carbons (Fsp3) is 0.429. The molecule has 1 saturated heterocycles. The summed E-state index contributed by atoms with van der Waals surface area (Å²) in [6, 6.07) is 7.74. The Hall–Kier alpha value is -5.20. The van der Waals surface area contributed by atoms with E-state index in [0.717, 1.165) is 18.1 Å². The van der Waals surface area contributed by atoms with Gasteiger partial charge in [-0.15, -0.1) is 0 Å². The number of anilines is 1. The monoisotopic (exact) mass is 799 g/mol. The highest BCUT2D eigenvalue weighted by Gasteiger charge is 2.57. The number of guanidine groups is 1. The quantitative estimate of drug-likeness (QED) is 0.0742. The molecule has 0 unspecified atom stereocenters. The molecular weight excluding hydrogens is 763 g/mol. The molecule has 296 valence electrons. The first-order chi connectivity index (χ1) is 25.7. The number of hydrogen-bond acceptors (Lipinski definition) is 7. The van der Waals surface area contributed by atoms with Crippen LogP contribution in [-0.2, 0) is 15.1 Å². The fourth-order valence-corrected chi connectivity index (χ4v) is 6.71. The van der Waals surface area contributed by atoms with Crippen LogP contribution in [0.15, 0.2) is 65.0 Å². The van der Waals surface area contributed by atoms with E-state index in [4.69, 9.17) is 21.7 Å². The van der Waals surface area contributed by atoms with Crippen molar-refractivity contribution in [2.75, 3.05) is 18.7 Å². The van der Waals surface area contributed by atoms with Gasteiger partial charge in [0.1, 0.15) is 12.1 Å².